The highest BCUT2D eigenvalue weighted by molar-refractivity contribution is 6.48. The van der Waals surface area contributed by atoms with Crippen LogP contribution in [0, 0.1) is 28.9 Å². The number of carbonyl (C=O) groups is 2. The van der Waals surface area contributed by atoms with E-state index < -0.39 is 53.8 Å². The number of amides is 1. The van der Waals surface area contributed by atoms with E-state index in [-0.39, 0.29) is 69.7 Å². The van der Waals surface area contributed by atoms with Gasteiger partial charge in [0.2, 0.25) is 5.91 Å². The van der Waals surface area contributed by atoms with Crippen LogP contribution in [0.2, 0.25) is 5.02 Å². The number of hydrogen-bond acceptors (Lipinski definition) is 9. The van der Waals surface area contributed by atoms with Gasteiger partial charge in [-0.1, -0.05) is 31.5 Å². The van der Waals surface area contributed by atoms with E-state index in [0.29, 0.717) is 11.5 Å². The topological polar surface area (TPSA) is 128 Å². The Morgan fingerprint density at radius 1 is 1.06 bits per heavy atom. The van der Waals surface area contributed by atoms with Crippen LogP contribution in [-0.2, 0) is 25.3 Å². The maximum absolute atomic E-state index is 15.2. The van der Waals surface area contributed by atoms with Gasteiger partial charge in [-0.15, -0.1) is 12.4 Å². The van der Waals surface area contributed by atoms with Crippen molar-refractivity contribution in [2.75, 3.05) is 21.3 Å². The maximum Gasteiger partial charge on any atom is 0.482 e. The zero-order valence-corrected chi connectivity index (χ0v) is 30.8. The van der Waals surface area contributed by atoms with Crippen molar-refractivity contribution in [2.45, 2.75) is 90.1 Å². The number of benzene rings is 2. The highest BCUT2D eigenvalue weighted by Gasteiger charge is 2.68. The number of carbonyl (C=O) groups excluding carboxylic acids is 2. The maximum atomic E-state index is 15.2. The summed E-state index contributed by atoms with van der Waals surface area (Å²) < 4.78 is 64.7. The van der Waals surface area contributed by atoms with E-state index in [4.69, 9.17) is 45.6 Å². The summed E-state index contributed by atoms with van der Waals surface area (Å²) in [5, 5.41) is 2.82. The Balaban J connectivity index is 0.00000541. The van der Waals surface area contributed by atoms with Crippen LogP contribution in [0.3, 0.4) is 0 Å². The molecule has 3 N–H and O–H groups in total. The highest BCUT2D eigenvalue weighted by Crippen LogP contribution is 2.65. The van der Waals surface area contributed by atoms with Gasteiger partial charge in [0.1, 0.15) is 28.8 Å². The van der Waals surface area contributed by atoms with Crippen LogP contribution in [-0.4, -0.2) is 63.6 Å². The molecule has 4 fully saturated rings. The van der Waals surface area contributed by atoms with Crippen LogP contribution >= 0.6 is 24.0 Å². The average Bonchev–Trinajstić information content (AvgIpc) is 3.37. The largest absolute Gasteiger partial charge is 0.495 e. The minimum atomic E-state index is -1.45. The van der Waals surface area contributed by atoms with Crippen molar-refractivity contribution in [1.82, 2.24) is 5.32 Å². The van der Waals surface area contributed by atoms with Gasteiger partial charge in [-0.2, -0.15) is 0 Å². The number of esters is 1. The van der Waals surface area contributed by atoms with Crippen molar-refractivity contribution in [3.05, 3.63) is 51.5 Å². The van der Waals surface area contributed by atoms with Gasteiger partial charge < -0.3 is 39.3 Å². The monoisotopic (exact) mass is 728 g/mol. The molecular weight excluding hydrogens is 684 g/mol. The third-order valence-electron chi connectivity index (χ3n) is 10.2. The molecule has 2 aromatic rings. The molecule has 10 nitrogen and oxygen atoms in total. The number of halogens is 4. The van der Waals surface area contributed by atoms with Gasteiger partial charge in [0.05, 0.1) is 44.0 Å². The number of hydrogen-bond donors (Lipinski definition) is 2. The number of nitrogens with one attached hydrogen (secondary N) is 1. The molecule has 49 heavy (non-hydrogen) atoms. The first-order valence-corrected chi connectivity index (χ1v) is 16.3. The van der Waals surface area contributed by atoms with Crippen LogP contribution in [0.4, 0.5) is 8.78 Å². The zero-order chi connectivity index (χ0) is 35.5. The molecule has 1 saturated heterocycles. The fourth-order valence-corrected chi connectivity index (χ4v) is 7.99. The molecule has 1 aliphatic heterocycles. The molecule has 270 valence electrons. The first-order valence-electron chi connectivity index (χ1n) is 16.0. The van der Waals surface area contributed by atoms with Crippen molar-refractivity contribution < 1.29 is 46.6 Å². The molecule has 6 atom stereocenters. The second kappa shape index (κ2) is 14.1. The molecule has 1 amide bonds. The summed E-state index contributed by atoms with van der Waals surface area (Å²) in [6.45, 7) is 11.5. The SMILES string of the molecule is COc1c(F)cc(C(N)C(=O)NC(Cc2ccc(F)c(C(=O)OC(C)(C)C)c2OC)B2O[C@@H]3C[C@@H]4C[C@@H](C4(C)C)[C@]3(C)O2)c(Cl)c1OC.Cl. The molecule has 0 aromatic heterocycles. The fourth-order valence-electron chi connectivity index (χ4n) is 7.66. The number of methoxy groups -OCH3 is 3. The minimum Gasteiger partial charge on any atom is -0.495 e. The van der Waals surface area contributed by atoms with E-state index in [9.17, 15) is 14.0 Å². The van der Waals surface area contributed by atoms with Crippen LogP contribution in [0.5, 0.6) is 17.2 Å². The lowest BCUT2D eigenvalue weighted by atomic mass is 9.43. The second-order valence-electron chi connectivity index (χ2n) is 14.6. The minimum absolute atomic E-state index is 0. The van der Waals surface area contributed by atoms with E-state index in [2.05, 4.69) is 19.2 Å². The van der Waals surface area contributed by atoms with Gasteiger partial charge in [-0.25, -0.2) is 13.6 Å². The predicted molar refractivity (Wildman–Crippen MR) is 183 cm³/mol. The lowest BCUT2D eigenvalue weighted by Crippen LogP contribution is -2.65. The summed E-state index contributed by atoms with van der Waals surface area (Å²) >= 11 is 6.52. The molecule has 2 bridgehead atoms. The lowest BCUT2D eigenvalue weighted by molar-refractivity contribution is -0.199. The Morgan fingerprint density at radius 3 is 2.27 bits per heavy atom. The Bertz CT molecular complexity index is 1610. The van der Waals surface area contributed by atoms with Gasteiger partial charge in [-0.3, -0.25) is 4.79 Å². The first kappa shape index (κ1) is 39.0. The molecule has 6 rings (SSSR count). The molecular formula is C34H45BCl2F2N2O8. The van der Waals surface area contributed by atoms with Gasteiger partial charge in [0.25, 0.3) is 0 Å². The molecule has 2 unspecified atom stereocenters. The van der Waals surface area contributed by atoms with Crippen LogP contribution in [0.1, 0.15) is 81.9 Å². The summed E-state index contributed by atoms with van der Waals surface area (Å²) in [7, 11) is 2.91. The standard InChI is InChI=1S/C34H44BClF2N2O8.ClH/c1-32(2,3)46-31(42)24-19(37)11-10-16(27(24)43-7)12-23(35-47-22-14-17-13-21(33(17,4)5)34(22,6)48-35)40-30(41)26(39)18-15-20(38)28(44-8)29(45-9)25(18)36;/h10-11,15,17,21-23,26H,12-14,39H2,1-9H3,(H,40,41);1H/t17-,21-,22+,23?,26?,34-;/m0./s1. The molecule has 2 aromatic carbocycles. The molecule has 4 aliphatic rings. The fraction of sp³-hybridized carbons (Fsp3) is 0.588. The Hall–Kier alpha value is -2.84. The van der Waals surface area contributed by atoms with Crippen LogP contribution in [0.15, 0.2) is 18.2 Å². The van der Waals surface area contributed by atoms with Crippen LogP contribution in [0.25, 0.3) is 0 Å². The van der Waals surface area contributed by atoms with E-state index in [1.807, 2.05) is 6.92 Å². The normalized spacial score (nSPS) is 24.8. The Kier molecular flexibility index (Phi) is 11.2. The van der Waals surface area contributed by atoms with Crippen LogP contribution < -0.4 is 25.3 Å². The Morgan fingerprint density at radius 2 is 1.69 bits per heavy atom. The van der Waals surface area contributed by atoms with E-state index in [1.54, 1.807) is 20.8 Å². The van der Waals surface area contributed by atoms with E-state index in [0.717, 1.165) is 25.0 Å². The highest BCUT2D eigenvalue weighted by atomic mass is 35.5. The lowest BCUT2D eigenvalue weighted by Gasteiger charge is -2.64. The molecule has 3 saturated carbocycles. The quantitative estimate of drug-likeness (QED) is 0.223. The molecule has 15 heteroatoms. The average molecular weight is 729 g/mol. The van der Waals surface area contributed by atoms with E-state index >= 15 is 4.39 Å². The number of ether oxygens (including phenoxy) is 4. The zero-order valence-electron chi connectivity index (χ0n) is 29.2. The summed E-state index contributed by atoms with van der Waals surface area (Å²) in [6.07, 6.45) is 1.55. The summed E-state index contributed by atoms with van der Waals surface area (Å²) in [6, 6.07) is 2.17. The smallest absolute Gasteiger partial charge is 0.482 e. The van der Waals surface area contributed by atoms with Crippen molar-refractivity contribution in [2.24, 2.45) is 23.0 Å². The third kappa shape index (κ3) is 6.93. The molecule has 1 heterocycles. The molecule has 0 radical (unpaired) electrons. The second-order valence-corrected chi connectivity index (χ2v) is 15.0. The van der Waals surface area contributed by atoms with Gasteiger partial charge in [-0.05, 0) is 81.9 Å². The Labute approximate surface area is 297 Å². The van der Waals surface area contributed by atoms with Crippen molar-refractivity contribution in [3.63, 3.8) is 0 Å². The molecule has 3 aliphatic carbocycles. The summed E-state index contributed by atoms with van der Waals surface area (Å²) in [5.41, 5.74) is 4.89. The van der Waals surface area contributed by atoms with Crippen molar-refractivity contribution in [1.29, 1.82) is 0 Å². The molecule has 0 spiro atoms. The summed E-state index contributed by atoms with van der Waals surface area (Å²) in [4.78, 5) is 27.0. The number of nitrogens with two attached hydrogens (primary N) is 1. The van der Waals surface area contributed by atoms with Gasteiger partial charge in [0.15, 0.2) is 17.3 Å². The van der Waals surface area contributed by atoms with Gasteiger partial charge >= 0.3 is 13.1 Å². The van der Waals surface area contributed by atoms with Crippen molar-refractivity contribution in [3.8, 4) is 17.2 Å². The number of rotatable bonds is 10. The third-order valence-corrected chi connectivity index (χ3v) is 10.6. The van der Waals surface area contributed by atoms with Gasteiger partial charge in [0, 0.05) is 5.56 Å². The van der Waals surface area contributed by atoms with E-state index in [1.165, 1.54) is 27.4 Å². The van der Waals surface area contributed by atoms with Crippen molar-refractivity contribution >= 4 is 43.0 Å². The summed E-state index contributed by atoms with van der Waals surface area (Å²) in [5.74, 6) is -3.88. The predicted octanol–water partition coefficient (Wildman–Crippen LogP) is 6.02. The first-order chi connectivity index (χ1) is 22.4.